The van der Waals surface area contributed by atoms with Crippen LogP contribution in [0.5, 0.6) is 0 Å². The number of benzene rings is 1. The van der Waals surface area contributed by atoms with Crippen LogP contribution < -0.4 is 5.32 Å². The topological polar surface area (TPSA) is 40.7 Å². The molecule has 1 aliphatic heterocycles. The maximum absolute atomic E-state index is 4.49. The van der Waals surface area contributed by atoms with E-state index in [-0.39, 0.29) is 0 Å². The molecule has 0 unspecified atom stereocenters. The predicted octanol–water partition coefficient (Wildman–Crippen LogP) is 3.22. The normalized spacial score (nSPS) is 19.3. The van der Waals surface area contributed by atoms with Crippen LogP contribution in [0.15, 0.2) is 35.4 Å². The molecule has 2 heterocycles. The number of hydrogen-bond donors (Lipinski definition) is 2. The largest absolute Gasteiger partial charge is 0.341 e. The molecule has 2 N–H and O–H groups in total. The van der Waals surface area contributed by atoms with Gasteiger partial charge < -0.3 is 10.3 Å². The Balaban J connectivity index is 1.82. The van der Waals surface area contributed by atoms with Crippen LogP contribution in [0.4, 0.5) is 0 Å². The summed E-state index contributed by atoms with van der Waals surface area (Å²) in [5.74, 6) is 1.07. The van der Waals surface area contributed by atoms with Crippen LogP contribution in [0.25, 0.3) is 11.3 Å². The Labute approximate surface area is 111 Å². The number of hydrogen-bond acceptors (Lipinski definition) is 3. The Morgan fingerprint density at radius 3 is 2.78 bits per heavy atom. The van der Waals surface area contributed by atoms with Crippen LogP contribution in [-0.4, -0.2) is 22.8 Å². The lowest BCUT2D eigenvalue weighted by molar-refractivity contribution is 0.613. The summed E-state index contributed by atoms with van der Waals surface area (Å²) in [5.41, 5.74) is 2.30. The van der Waals surface area contributed by atoms with Gasteiger partial charge in [0.15, 0.2) is 0 Å². The molecule has 0 radical (unpaired) electrons. The number of thioether (sulfide) groups is 1. The molecule has 3 nitrogen and oxygen atoms in total. The molecule has 0 saturated carbocycles. The quantitative estimate of drug-likeness (QED) is 0.831. The summed E-state index contributed by atoms with van der Waals surface area (Å²) in [6.45, 7) is 1.10. The Morgan fingerprint density at radius 2 is 2.11 bits per heavy atom. The second-order valence-corrected chi connectivity index (χ2v) is 5.44. The van der Waals surface area contributed by atoms with E-state index < -0.39 is 0 Å². The second-order valence-electron chi connectivity index (χ2n) is 4.56. The van der Waals surface area contributed by atoms with E-state index in [0.29, 0.717) is 6.04 Å². The van der Waals surface area contributed by atoms with Crippen molar-refractivity contribution in [2.24, 2.45) is 0 Å². The zero-order chi connectivity index (χ0) is 12.4. The summed E-state index contributed by atoms with van der Waals surface area (Å²) in [7, 11) is 0. The molecule has 0 aliphatic carbocycles. The van der Waals surface area contributed by atoms with Gasteiger partial charge in [-0.3, -0.25) is 0 Å². The monoisotopic (exact) mass is 259 g/mol. The van der Waals surface area contributed by atoms with Gasteiger partial charge in [-0.1, -0.05) is 12.1 Å². The van der Waals surface area contributed by atoms with Gasteiger partial charge in [-0.2, -0.15) is 0 Å². The molecule has 18 heavy (non-hydrogen) atoms. The smallest absolute Gasteiger partial charge is 0.123 e. The highest BCUT2D eigenvalue weighted by molar-refractivity contribution is 7.98. The molecule has 0 amide bonds. The number of nitrogens with one attached hydrogen (secondary N) is 2. The van der Waals surface area contributed by atoms with E-state index in [0.717, 1.165) is 18.1 Å². The predicted molar refractivity (Wildman–Crippen MR) is 75.8 cm³/mol. The van der Waals surface area contributed by atoms with Crippen molar-refractivity contribution in [3.05, 3.63) is 36.3 Å². The van der Waals surface area contributed by atoms with Gasteiger partial charge in [0.05, 0.1) is 17.9 Å². The molecule has 1 saturated heterocycles. The average molecular weight is 259 g/mol. The minimum atomic E-state index is 0.407. The van der Waals surface area contributed by atoms with Crippen molar-refractivity contribution in [1.29, 1.82) is 0 Å². The fraction of sp³-hybridized carbons (Fsp3) is 0.357. The summed E-state index contributed by atoms with van der Waals surface area (Å²) in [5, 5.41) is 3.46. The molecule has 1 aliphatic rings. The van der Waals surface area contributed by atoms with Crippen LogP contribution >= 0.6 is 11.8 Å². The van der Waals surface area contributed by atoms with Gasteiger partial charge in [0, 0.05) is 4.90 Å². The molecular weight excluding hydrogens is 242 g/mol. The molecular formula is C14H17N3S. The van der Waals surface area contributed by atoms with Crippen LogP contribution in [0, 0.1) is 0 Å². The summed E-state index contributed by atoms with van der Waals surface area (Å²) in [6, 6.07) is 8.99. The molecule has 1 atom stereocenters. The van der Waals surface area contributed by atoms with E-state index in [9.17, 15) is 0 Å². The molecule has 3 rings (SSSR count). The number of aromatic amines is 1. The SMILES string of the molecule is CSc1ccc(-c2cnc([C@@H]3CCCN3)[nH]2)cc1. The second kappa shape index (κ2) is 5.16. The number of nitrogens with zero attached hydrogens (tertiary/aromatic N) is 1. The van der Waals surface area contributed by atoms with Crippen molar-refractivity contribution in [3.8, 4) is 11.3 Å². The van der Waals surface area contributed by atoms with Gasteiger partial charge in [0.2, 0.25) is 0 Å². The highest BCUT2D eigenvalue weighted by Gasteiger charge is 2.19. The third-order valence-corrected chi connectivity index (χ3v) is 4.13. The van der Waals surface area contributed by atoms with E-state index in [4.69, 9.17) is 0 Å². The molecule has 94 valence electrons. The third-order valence-electron chi connectivity index (χ3n) is 3.39. The van der Waals surface area contributed by atoms with Crippen molar-refractivity contribution < 1.29 is 0 Å². The first-order valence-electron chi connectivity index (χ1n) is 6.29. The highest BCUT2D eigenvalue weighted by atomic mass is 32.2. The molecule has 0 bridgehead atoms. The molecule has 2 aromatic rings. The van der Waals surface area contributed by atoms with Crippen molar-refractivity contribution in [2.45, 2.75) is 23.8 Å². The van der Waals surface area contributed by atoms with Crippen molar-refractivity contribution >= 4 is 11.8 Å². The van der Waals surface area contributed by atoms with Crippen molar-refractivity contribution in [3.63, 3.8) is 0 Å². The first-order valence-corrected chi connectivity index (χ1v) is 7.52. The average Bonchev–Trinajstić information content (AvgIpc) is 3.09. The van der Waals surface area contributed by atoms with Crippen LogP contribution in [-0.2, 0) is 0 Å². The van der Waals surface area contributed by atoms with Crippen LogP contribution in [0.2, 0.25) is 0 Å². The zero-order valence-corrected chi connectivity index (χ0v) is 11.3. The maximum atomic E-state index is 4.49. The lowest BCUT2D eigenvalue weighted by Gasteiger charge is -2.05. The minimum Gasteiger partial charge on any atom is -0.341 e. The zero-order valence-electron chi connectivity index (χ0n) is 10.4. The van der Waals surface area contributed by atoms with Gasteiger partial charge in [0.1, 0.15) is 5.82 Å². The van der Waals surface area contributed by atoms with Gasteiger partial charge >= 0.3 is 0 Å². The lowest BCUT2D eigenvalue weighted by atomic mass is 10.2. The summed E-state index contributed by atoms with van der Waals surface area (Å²) >= 11 is 1.76. The fourth-order valence-corrected chi connectivity index (χ4v) is 2.76. The Kier molecular flexibility index (Phi) is 3.39. The Morgan fingerprint density at radius 1 is 1.28 bits per heavy atom. The number of imidazole rings is 1. The summed E-state index contributed by atoms with van der Waals surface area (Å²) in [6.07, 6.45) is 6.44. The van der Waals surface area contributed by atoms with Crippen molar-refractivity contribution in [1.82, 2.24) is 15.3 Å². The Hall–Kier alpha value is -1.26. The van der Waals surface area contributed by atoms with E-state index in [1.165, 1.54) is 23.3 Å². The van der Waals surface area contributed by atoms with Crippen molar-refractivity contribution in [2.75, 3.05) is 12.8 Å². The highest BCUT2D eigenvalue weighted by Crippen LogP contribution is 2.25. The molecule has 4 heteroatoms. The van der Waals surface area contributed by atoms with Gasteiger partial charge in [-0.15, -0.1) is 11.8 Å². The molecule has 1 aromatic heterocycles. The van der Waals surface area contributed by atoms with Gasteiger partial charge in [0.25, 0.3) is 0 Å². The minimum absolute atomic E-state index is 0.407. The molecule has 1 fully saturated rings. The standard InChI is InChI=1S/C14H17N3S/c1-18-11-6-4-10(5-7-11)13-9-16-14(17-13)12-3-2-8-15-12/h4-7,9,12,15H,2-3,8H2,1H3,(H,16,17)/t12-/m0/s1. The maximum Gasteiger partial charge on any atom is 0.123 e. The first-order chi connectivity index (χ1) is 8.86. The van der Waals surface area contributed by atoms with Crippen LogP contribution in [0.3, 0.4) is 0 Å². The first kappa shape index (κ1) is 11.8. The van der Waals surface area contributed by atoms with E-state index in [1.807, 2.05) is 6.20 Å². The molecule has 1 aromatic carbocycles. The number of aromatic nitrogens is 2. The Bertz CT molecular complexity index is 512. The summed E-state index contributed by atoms with van der Waals surface area (Å²) < 4.78 is 0. The van der Waals surface area contributed by atoms with E-state index >= 15 is 0 Å². The number of H-pyrrole nitrogens is 1. The lowest BCUT2D eigenvalue weighted by Crippen LogP contribution is -2.14. The van der Waals surface area contributed by atoms with Gasteiger partial charge in [-0.25, -0.2) is 4.98 Å². The van der Waals surface area contributed by atoms with Crippen LogP contribution in [0.1, 0.15) is 24.7 Å². The summed E-state index contributed by atoms with van der Waals surface area (Å²) in [4.78, 5) is 9.21. The third kappa shape index (κ3) is 2.31. The van der Waals surface area contributed by atoms with E-state index in [2.05, 4.69) is 45.8 Å². The number of rotatable bonds is 3. The van der Waals surface area contributed by atoms with Gasteiger partial charge in [-0.05, 0) is 43.3 Å². The van der Waals surface area contributed by atoms with E-state index in [1.54, 1.807) is 11.8 Å². The fourth-order valence-electron chi connectivity index (χ4n) is 2.35. The molecule has 0 spiro atoms.